The van der Waals surface area contributed by atoms with Crippen molar-refractivity contribution in [2.24, 2.45) is 24.6 Å². The van der Waals surface area contributed by atoms with Gasteiger partial charge in [0.05, 0.1) is 6.54 Å². The zero-order chi connectivity index (χ0) is 11.8. The van der Waals surface area contributed by atoms with Crippen LogP contribution in [-0.4, -0.2) is 14.8 Å². The van der Waals surface area contributed by atoms with Crippen molar-refractivity contribution in [3.8, 4) is 0 Å². The standard InChI is InChI=1S/C13H22N4/c1-17-11(8-14)15-16-13(17)12(9-4-2-5-9)10-6-3-7-10/h9-10,12H,2-8,14H2,1H3. The summed E-state index contributed by atoms with van der Waals surface area (Å²) in [5.41, 5.74) is 5.69. The van der Waals surface area contributed by atoms with Gasteiger partial charge in [-0.1, -0.05) is 12.8 Å². The van der Waals surface area contributed by atoms with Gasteiger partial charge in [-0.25, -0.2) is 0 Å². The third-order valence-corrected chi connectivity index (χ3v) is 4.79. The minimum Gasteiger partial charge on any atom is -0.324 e. The summed E-state index contributed by atoms with van der Waals surface area (Å²) in [5.74, 6) is 4.47. The quantitative estimate of drug-likeness (QED) is 0.866. The molecule has 1 aromatic heterocycles. The molecule has 2 N–H and O–H groups in total. The second-order valence-electron chi connectivity index (χ2n) is 5.65. The predicted octanol–water partition coefficient (Wildman–Crippen LogP) is 1.96. The Morgan fingerprint density at radius 1 is 1.18 bits per heavy atom. The minimum atomic E-state index is 0.492. The first-order valence-corrected chi connectivity index (χ1v) is 6.89. The molecule has 1 aromatic rings. The summed E-state index contributed by atoms with van der Waals surface area (Å²) in [6.45, 7) is 0.492. The second-order valence-corrected chi connectivity index (χ2v) is 5.65. The molecule has 4 nitrogen and oxygen atoms in total. The van der Waals surface area contributed by atoms with Crippen molar-refractivity contribution in [1.82, 2.24) is 14.8 Å². The highest BCUT2D eigenvalue weighted by Gasteiger charge is 2.39. The zero-order valence-corrected chi connectivity index (χ0v) is 10.6. The molecule has 0 unspecified atom stereocenters. The van der Waals surface area contributed by atoms with Crippen molar-refractivity contribution < 1.29 is 0 Å². The molecule has 3 rings (SSSR count). The number of aromatic nitrogens is 3. The van der Waals surface area contributed by atoms with Crippen LogP contribution >= 0.6 is 0 Å². The van der Waals surface area contributed by atoms with E-state index in [4.69, 9.17) is 5.73 Å². The Labute approximate surface area is 103 Å². The molecule has 1 heterocycles. The highest BCUT2D eigenvalue weighted by Crippen LogP contribution is 2.49. The molecular weight excluding hydrogens is 212 g/mol. The average Bonchev–Trinajstić information content (AvgIpc) is 2.53. The Hall–Kier alpha value is -0.900. The average molecular weight is 234 g/mol. The summed E-state index contributed by atoms with van der Waals surface area (Å²) in [5, 5.41) is 8.65. The van der Waals surface area contributed by atoms with Gasteiger partial charge >= 0.3 is 0 Å². The van der Waals surface area contributed by atoms with Gasteiger partial charge in [0.25, 0.3) is 0 Å². The molecule has 0 bridgehead atoms. The largest absolute Gasteiger partial charge is 0.324 e. The summed E-state index contributed by atoms with van der Waals surface area (Å²) < 4.78 is 2.14. The maximum absolute atomic E-state index is 5.69. The SMILES string of the molecule is Cn1c(CN)nnc1C(C1CCC1)C1CCC1. The van der Waals surface area contributed by atoms with Gasteiger partial charge < -0.3 is 10.3 Å². The van der Waals surface area contributed by atoms with E-state index in [1.54, 1.807) is 0 Å². The van der Waals surface area contributed by atoms with Crippen LogP contribution in [0.5, 0.6) is 0 Å². The van der Waals surface area contributed by atoms with E-state index in [9.17, 15) is 0 Å². The summed E-state index contributed by atoms with van der Waals surface area (Å²) in [4.78, 5) is 0. The van der Waals surface area contributed by atoms with E-state index in [2.05, 4.69) is 21.8 Å². The Kier molecular flexibility index (Phi) is 2.90. The van der Waals surface area contributed by atoms with Gasteiger partial charge in [-0.2, -0.15) is 0 Å². The van der Waals surface area contributed by atoms with Gasteiger partial charge in [0.1, 0.15) is 11.6 Å². The Bertz CT molecular complexity index is 376. The van der Waals surface area contributed by atoms with Gasteiger partial charge in [-0.05, 0) is 37.5 Å². The van der Waals surface area contributed by atoms with E-state index in [-0.39, 0.29) is 0 Å². The molecular formula is C13H22N4. The maximum atomic E-state index is 5.69. The molecule has 0 aromatic carbocycles. The first kappa shape index (κ1) is 11.2. The maximum Gasteiger partial charge on any atom is 0.146 e. The van der Waals surface area contributed by atoms with Crippen LogP contribution in [-0.2, 0) is 13.6 Å². The van der Waals surface area contributed by atoms with E-state index < -0.39 is 0 Å². The number of rotatable bonds is 4. The first-order chi connectivity index (χ1) is 8.31. The number of nitrogens with two attached hydrogens (primary N) is 1. The third-order valence-electron chi connectivity index (χ3n) is 4.79. The zero-order valence-electron chi connectivity index (χ0n) is 10.6. The van der Waals surface area contributed by atoms with E-state index >= 15 is 0 Å². The molecule has 2 aliphatic carbocycles. The van der Waals surface area contributed by atoms with Crippen LogP contribution in [0, 0.1) is 11.8 Å². The fraction of sp³-hybridized carbons (Fsp3) is 0.846. The van der Waals surface area contributed by atoms with Gasteiger partial charge in [0.15, 0.2) is 0 Å². The predicted molar refractivity (Wildman–Crippen MR) is 66.3 cm³/mol. The number of hydrogen-bond acceptors (Lipinski definition) is 3. The summed E-state index contributed by atoms with van der Waals surface area (Å²) in [7, 11) is 2.07. The van der Waals surface area contributed by atoms with Crippen LogP contribution in [0.2, 0.25) is 0 Å². The van der Waals surface area contributed by atoms with E-state index in [0.29, 0.717) is 12.5 Å². The van der Waals surface area contributed by atoms with Crippen LogP contribution in [0.25, 0.3) is 0 Å². The van der Waals surface area contributed by atoms with Gasteiger partial charge in [-0.3, -0.25) is 0 Å². The highest BCUT2D eigenvalue weighted by molar-refractivity contribution is 5.08. The van der Waals surface area contributed by atoms with Crippen molar-refractivity contribution in [3.05, 3.63) is 11.6 Å². The molecule has 2 fully saturated rings. The van der Waals surface area contributed by atoms with Crippen LogP contribution in [0.3, 0.4) is 0 Å². The lowest BCUT2D eigenvalue weighted by molar-refractivity contribution is 0.141. The Morgan fingerprint density at radius 3 is 2.12 bits per heavy atom. The van der Waals surface area contributed by atoms with E-state index in [1.165, 1.54) is 44.3 Å². The monoisotopic (exact) mass is 234 g/mol. The molecule has 4 heteroatoms. The fourth-order valence-electron chi connectivity index (χ4n) is 3.25. The van der Waals surface area contributed by atoms with Crippen LogP contribution < -0.4 is 5.73 Å². The molecule has 0 aliphatic heterocycles. The summed E-state index contributed by atoms with van der Waals surface area (Å²) in [6.07, 6.45) is 8.32. The third kappa shape index (κ3) is 1.79. The molecule has 0 spiro atoms. The molecule has 2 saturated carbocycles. The summed E-state index contributed by atoms with van der Waals surface area (Å²) in [6, 6.07) is 0. The smallest absolute Gasteiger partial charge is 0.146 e. The molecule has 0 saturated heterocycles. The molecule has 0 atom stereocenters. The normalized spacial score (nSPS) is 21.6. The van der Waals surface area contributed by atoms with Crippen molar-refractivity contribution >= 4 is 0 Å². The van der Waals surface area contributed by atoms with Crippen LogP contribution in [0.4, 0.5) is 0 Å². The highest BCUT2D eigenvalue weighted by atomic mass is 15.3. The summed E-state index contributed by atoms with van der Waals surface area (Å²) >= 11 is 0. The van der Waals surface area contributed by atoms with Crippen LogP contribution in [0.1, 0.15) is 56.1 Å². The van der Waals surface area contributed by atoms with Gasteiger partial charge in [-0.15, -0.1) is 10.2 Å². The number of hydrogen-bond donors (Lipinski definition) is 1. The lowest BCUT2D eigenvalue weighted by atomic mass is 9.64. The molecule has 94 valence electrons. The fourth-order valence-corrected chi connectivity index (χ4v) is 3.25. The van der Waals surface area contributed by atoms with Crippen molar-refractivity contribution in [2.45, 2.75) is 51.0 Å². The molecule has 2 aliphatic rings. The Balaban J connectivity index is 1.87. The van der Waals surface area contributed by atoms with Gasteiger partial charge in [0, 0.05) is 13.0 Å². The van der Waals surface area contributed by atoms with Crippen molar-refractivity contribution in [1.29, 1.82) is 0 Å². The van der Waals surface area contributed by atoms with E-state index in [1.807, 2.05) is 0 Å². The minimum absolute atomic E-state index is 0.492. The number of nitrogens with zero attached hydrogens (tertiary/aromatic N) is 3. The molecule has 0 amide bonds. The van der Waals surface area contributed by atoms with Crippen molar-refractivity contribution in [2.75, 3.05) is 0 Å². The van der Waals surface area contributed by atoms with Crippen LogP contribution in [0.15, 0.2) is 0 Å². The second kappa shape index (κ2) is 4.41. The lowest BCUT2D eigenvalue weighted by Gasteiger charge is -2.41. The van der Waals surface area contributed by atoms with E-state index in [0.717, 1.165) is 17.7 Å². The van der Waals surface area contributed by atoms with Crippen molar-refractivity contribution in [3.63, 3.8) is 0 Å². The topological polar surface area (TPSA) is 56.7 Å². The Morgan fingerprint density at radius 2 is 1.76 bits per heavy atom. The molecule has 17 heavy (non-hydrogen) atoms. The lowest BCUT2D eigenvalue weighted by Crippen LogP contribution is -2.32. The first-order valence-electron chi connectivity index (χ1n) is 6.89. The molecule has 0 radical (unpaired) electrons. The van der Waals surface area contributed by atoms with Gasteiger partial charge in [0.2, 0.25) is 0 Å².